The Labute approximate surface area is 145 Å². The molecule has 1 atom stereocenters. The van der Waals surface area contributed by atoms with Crippen molar-refractivity contribution in [3.63, 3.8) is 0 Å². The molecule has 1 aliphatic rings. The normalized spacial score (nSPS) is 17.0. The van der Waals surface area contributed by atoms with Crippen LogP contribution in [0.1, 0.15) is 54.3 Å². The van der Waals surface area contributed by atoms with E-state index in [0.29, 0.717) is 17.2 Å². The fourth-order valence-electron chi connectivity index (χ4n) is 3.03. The van der Waals surface area contributed by atoms with Gasteiger partial charge < -0.3 is 15.2 Å². The molecule has 0 aliphatic heterocycles. The minimum Gasteiger partial charge on any atom is -0.458 e. The topological polar surface area (TPSA) is 84.3 Å². The predicted molar refractivity (Wildman–Crippen MR) is 94.6 cm³/mol. The van der Waals surface area contributed by atoms with Crippen LogP contribution in [-0.2, 0) is 4.74 Å². The lowest BCUT2D eigenvalue weighted by Crippen LogP contribution is -2.20. The minimum atomic E-state index is -0.482. The highest BCUT2D eigenvalue weighted by Gasteiger charge is 2.24. The molecule has 1 unspecified atom stereocenters. The molecule has 0 amide bonds. The van der Waals surface area contributed by atoms with Crippen LogP contribution in [0.15, 0.2) is 6.33 Å². The van der Waals surface area contributed by atoms with Crippen molar-refractivity contribution >= 4 is 33.3 Å². The van der Waals surface area contributed by atoms with Crippen LogP contribution in [0.2, 0.25) is 0 Å². The van der Waals surface area contributed by atoms with Crippen molar-refractivity contribution < 1.29 is 14.6 Å². The maximum Gasteiger partial charge on any atom is 0.348 e. The van der Waals surface area contributed by atoms with Gasteiger partial charge in [0.2, 0.25) is 0 Å². The van der Waals surface area contributed by atoms with Crippen molar-refractivity contribution in [2.45, 2.75) is 58.2 Å². The van der Waals surface area contributed by atoms with Crippen LogP contribution in [0.5, 0.6) is 0 Å². The van der Waals surface area contributed by atoms with Gasteiger partial charge in [0.15, 0.2) is 0 Å². The van der Waals surface area contributed by atoms with Gasteiger partial charge in [0.1, 0.15) is 28.0 Å². The zero-order valence-corrected chi connectivity index (χ0v) is 14.9. The average molecular weight is 349 g/mol. The third-order valence-corrected chi connectivity index (χ3v) is 5.48. The highest BCUT2D eigenvalue weighted by atomic mass is 32.1. The van der Waals surface area contributed by atoms with Crippen LogP contribution < -0.4 is 5.32 Å². The molecule has 6 nitrogen and oxygen atoms in total. The first-order valence-corrected chi connectivity index (χ1v) is 9.25. The smallest absolute Gasteiger partial charge is 0.348 e. The molecule has 1 fully saturated rings. The van der Waals surface area contributed by atoms with Crippen LogP contribution in [0, 0.1) is 6.92 Å². The number of carbonyl (C=O) groups is 1. The van der Waals surface area contributed by atoms with Crippen molar-refractivity contribution in [1.29, 1.82) is 0 Å². The molecule has 7 heteroatoms. The Morgan fingerprint density at radius 3 is 2.88 bits per heavy atom. The monoisotopic (exact) mass is 349 g/mol. The van der Waals surface area contributed by atoms with Gasteiger partial charge in [-0.2, -0.15) is 0 Å². The van der Waals surface area contributed by atoms with E-state index in [1.165, 1.54) is 24.1 Å². The zero-order valence-electron chi connectivity index (χ0n) is 14.0. The molecule has 2 N–H and O–H groups in total. The third kappa shape index (κ3) is 3.67. The van der Waals surface area contributed by atoms with Crippen LogP contribution in [0.3, 0.4) is 0 Å². The molecule has 0 saturated heterocycles. The molecule has 0 radical (unpaired) electrons. The quantitative estimate of drug-likeness (QED) is 0.806. The van der Waals surface area contributed by atoms with E-state index in [4.69, 9.17) is 4.74 Å². The number of rotatable bonds is 5. The number of aryl methyl sites for hydroxylation is 1. The number of aromatic nitrogens is 2. The fourth-order valence-corrected chi connectivity index (χ4v) is 4.06. The largest absolute Gasteiger partial charge is 0.458 e. The van der Waals surface area contributed by atoms with E-state index in [-0.39, 0.29) is 12.1 Å². The molecule has 3 rings (SSSR count). The van der Waals surface area contributed by atoms with E-state index in [9.17, 15) is 9.90 Å². The van der Waals surface area contributed by atoms with Crippen LogP contribution >= 0.6 is 11.3 Å². The molecule has 0 aromatic carbocycles. The molecular formula is C17H23N3O3S. The number of aliphatic hydroxyl groups is 1. The lowest BCUT2D eigenvalue weighted by atomic mass is 9.98. The molecule has 1 saturated carbocycles. The minimum absolute atomic E-state index is 0.0368. The number of thiophene rings is 1. The first-order chi connectivity index (χ1) is 11.6. The summed E-state index contributed by atoms with van der Waals surface area (Å²) in [6.07, 6.45) is 6.42. The van der Waals surface area contributed by atoms with Gasteiger partial charge in [-0.15, -0.1) is 11.3 Å². The summed E-state index contributed by atoms with van der Waals surface area (Å²) in [5.74, 6) is 0.384. The molecule has 2 aromatic heterocycles. The van der Waals surface area contributed by atoms with Crippen LogP contribution in [0.25, 0.3) is 10.2 Å². The van der Waals surface area contributed by atoms with Gasteiger partial charge in [-0.3, -0.25) is 0 Å². The van der Waals surface area contributed by atoms with Gasteiger partial charge in [-0.1, -0.05) is 6.42 Å². The number of hydrogen-bond donors (Lipinski definition) is 2. The van der Waals surface area contributed by atoms with Crippen LogP contribution in [0.4, 0.5) is 5.82 Å². The first kappa shape index (κ1) is 17.1. The molecule has 24 heavy (non-hydrogen) atoms. The molecule has 130 valence electrons. The summed E-state index contributed by atoms with van der Waals surface area (Å²) in [7, 11) is 0. The van der Waals surface area contributed by atoms with E-state index < -0.39 is 6.10 Å². The van der Waals surface area contributed by atoms with E-state index in [1.54, 1.807) is 6.92 Å². The van der Waals surface area contributed by atoms with E-state index in [1.807, 2.05) is 6.92 Å². The second-order valence-corrected chi connectivity index (χ2v) is 7.35. The second-order valence-electron chi connectivity index (χ2n) is 6.35. The fraction of sp³-hybridized carbons (Fsp3) is 0.588. The number of ether oxygens (including phenoxy) is 1. The molecule has 1 aliphatic carbocycles. The van der Waals surface area contributed by atoms with E-state index in [0.717, 1.165) is 41.5 Å². The number of hydrogen-bond acceptors (Lipinski definition) is 7. The SMILES string of the molecule is Cc1c(C(=O)OC2CCCCC2)sc2ncnc(NCC(C)O)c12. The van der Waals surface area contributed by atoms with Crippen LogP contribution in [-0.4, -0.2) is 39.8 Å². The molecule has 2 aromatic rings. The Kier molecular flexibility index (Phi) is 5.30. The standard InChI is InChI=1S/C17H23N3O3S/c1-10(21)8-18-15-13-11(2)14(24-16(13)20-9-19-15)17(22)23-12-6-4-3-5-7-12/h9-10,12,21H,3-8H2,1-2H3,(H,18,19,20). The Morgan fingerprint density at radius 2 is 2.17 bits per heavy atom. The lowest BCUT2D eigenvalue weighted by Gasteiger charge is -2.21. The maximum atomic E-state index is 12.6. The Bertz CT molecular complexity index is 723. The third-order valence-electron chi connectivity index (χ3n) is 4.30. The predicted octanol–water partition coefficient (Wildman–Crippen LogP) is 3.28. The molecule has 0 bridgehead atoms. The summed E-state index contributed by atoms with van der Waals surface area (Å²) in [5.41, 5.74) is 0.838. The van der Waals surface area contributed by atoms with E-state index >= 15 is 0 Å². The molecular weight excluding hydrogens is 326 g/mol. The first-order valence-electron chi connectivity index (χ1n) is 8.43. The van der Waals surface area contributed by atoms with Crippen molar-refractivity contribution in [2.24, 2.45) is 0 Å². The van der Waals surface area contributed by atoms with Crippen molar-refractivity contribution in [3.05, 3.63) is 16.8 Å². The van der Waals surface area contributed by atoms with Crippen molar-refractivity contribution in [3.8, 4) is 0 Å². The van der Waals surface area contributed by atoms with Gasteiger partial charge in [-0.05, 0) is 45.1 Å². The van der Waals surface area contributed by atoms with Gasteiger partial charge in [0, 0.05) is 6.54 Å². The number of nitrogens with zero attached hydrogens (tertiary/aromatic N) is 2. The Hall–Kier alpha value is -1.73. The number of aliphatic hydroxyl groups excluding tert-OH is 1. The van der Waals surface area contributed by atoms with Crippen molar-refractivity contribution in [1.82, 2.24) is 9.97 Å². The summed E-state index contributed by atoms with van der Waals surface area (Å²) in [6.45, 7) is 4.00. The second kappa shape index (κ2) is 7.44. The number of carbonyl (C=O) groups excluding carboxylic acids is 1. The Balaban J connectivity index is 1.84. The highest BCUT2D eigenvalue weighted by Crippen LogP contribution is 2.34. The summed E-state index contributed by atoms with van der Waals surface area (Å²) in [4.78, 5) is 22.4. The van der Waals surface area contributed by atoms with E-state index in [2.05, 4.69) is 15.3 Å². The summed E-state index contributed by atoms with van der Waals surface area (Å²) in [5, 5.41) is 13.4. The van der Waals surface area contributed by atoms with Gasteiger partial charge in [0.25, 0.3) is 0 Å². The summed E-state index contributed by atoms with van der Waals surface area (Å²) < 4.78 is 5.69. The van der Waals surface area contributed by atoms with Gasteiger partial charge in [-0.25, -0.2) is 14.8 Å². The summed E-state index contributed by atoms with van der Waals surface area (Å²) in [6, 6.07) is 0. The molecule has 2 heterocycles. The summed E-state index contributed by atoms with van der Waals surface area (Å²) >= 11 is 1.34. The van der Waals surface area contributed by atoms with Gasteiger partial charge >= 0.3 is 5.97 Å². The zero-order chi connectivity index (χ0) is 17.1. The highest BCUT2D eigenvalue weighted by molar-refractivity contribution is 7.20. The lowest BCUT2D eigenvalue weighted by molar-refractivity contribution is 0.0216. The maximum absolute atomic E-state index is 12.6. The van der Waals surface area contributed by atoms with Gasteiger partial charge in [0.05, 0.1) is 11.5 Å². The number of anilines is 1. The van der Waals surface area contributed by atoms with Crippen molar-refractivity contribution in [2.75, 3.05) is 11.9 Å². The number of esters is 1. The Morgan fingerprint density at radius 1 is 1.42 bits per heavy atom. The number of nitrogens with one attached hydrogen (secondary N) is 1. The molecule has 0 spiro atoms. The number of fused-ring (bicyclic) bond motifs is 1. The average Bonchev–Trinajstić information content (AvgIpc) is 2.91.